The molecular weight excluding hydrogens is 320 g/mol. The molecule has 0 aliphatic carbocycles. The van der Waals surface area contributed by atoms with Gasteiger partial charge < -0.3 is 10.4 Å². The molecule has 1 aromatic rings. The third-order valence-electron chi connectivity index (χ3n) is 3.25. The summed E-state index contributed by atoms with van der Waals surface area (Å²) in [4.78, 5) is 33.7. The normalized spacial score (nSPS) is 10.3. The van der Waals surface area contributed by atoms with Crippen molar-refractivity contribution in [1.82, 2.24) is 5.32 Å². The number of unbranched alkanes of at least 4 members (excludes halogenated alkanes) is 3. The Labute approximate surface area is 138 Å². The van der Waals surface area contributed by atoms with Gasteiger partial charge in [-0.15, -0.1) is 11.8 Å². The monoisotopic (exact) mass is 340 g/mol. The highest BCUT2D eigenvalue weighted by molar-refractivity contribution is 7.98. The summed E-state index contributed by atoms with van der Waals surface area (Å²) in [5.74, 6) is -1.27. The number of amides is 1. The van der Waals surface area contributed by atoms with Crippen LogP contribution in [-0.4, -0.2) is 34.7 Å². The molecule has 2 N–H and O–H groups in total. The smallest absolute Gasteiger partial charge is 0.303 e. The highest BCUT2D eigenvalue weighted by Crippen LogP contribution is 2.24. The molecule has 0 bridgehead atoms. The minimum absolute atomic E-state index is 0.0627. The van der Waals surface area contributed by atoms with E-state index < -0.39 is 16.8 Å². The maximum Gasteiger partial charge on any atom is 0.303 e. The molecule has 1 rings (SSSR count). The van der Waals surface area contributed by atoms with Crippen molar-refractivity contribution in [3.63, 3.8) is 0 Å². The number of carbonyl (C=O) groups is 2. The number of nitrogens with one attached hydrogen (secondary N) is 1. The van der Waals surface area contributed by atoms with Gasteiger partial charge in [-0.05, 0) is 31.2 Å². The molecule has 0 aromatic heterocycles. The number of rotatable bonds is 10. The Morgan fingerprint density at radius 1 is 1.26 bits per heavy atom. The van der Waals surface area contributed by atoms with Crippen molar-refractivity contribution in [2.24, 2.45) is 0 Å². The lowest BCUT2D eigenvalue weighted by Crippen LogP contribution is -2.25. The Kier molecular flexibility index (Phi) is 8.10. The molecule has 0 aliphatic heterocycles. The number of nitro benzene ring substituents is 1. The topological polar surface area (TPSA) is 110 Å². The van der Waals surface area contributed by atoms with Gasteiger partial charge >= 0.3 is 5.97 Å². The molecule has 126 valence electrons. The van der Waals surface area contributed by atoms with Crippen molar-refractivity contribution in [3.8, 4) is 0 Å². The first-order valence-corrected chi connectivity index (χ1v) is 8.50. The number of aliphatic carboxylic acids is 1. The van der Waals surface area contributed by atoms with Crippen molar-refractivity contribution in [3.05, 3.63) is 33.9 Å². The molecule has 0 fully saturated rings. The maximum atomic E-state index is 12.1. The van der Waals surface area contributed by atoms with Crippen molar-refractivity contribution in [1.29, 1.82) is 0 Å². The van der Waals surface area contributed by atoms with Gasteiger partial charge in [-0.1, -0.05) is 12.8 Å². The van der Waals surface area contributed by atoms with Crippen LogP contribution in [0.3, 0.4) is 0 Å². The maximum absolute atomic E-state index is 12.1. The lowest BCUT2D eigenvalue weighted by molar-refractivity contribution is -0.385. The quantitative estimate of drug-likeness (QED) is 0.293. The molecule has 0 saturated carbocycles. The van der Waals surface area contributed by atoms with Gasteiger partial charge in [0, 0.05) is 23.9 Å². The zero-order valence-corrected chi connectivity index (χ0v) is 13.7. The van der Waals surface area contributed by atoms with Gasteiger partial charge in [0.2, 0.25) is 0 Å². The first-order chi connectivity index (χ1) is 11.0. The summed E-state index contributed by atoms with van der Waals surface area (Å²) in [6.45, 7) is 0.409. The standard InChI is InChI=1S/C15H20N2O5S/c1-23-11-7-8-13(17(21)22)12(10-11)15(20)16-9-5-3-2-4-6-14(18)19/h7-8,10H,2-6,9H2,1H3,(H,16,20)(H,18,19). The van der Waals surface area contributed by atoms with Crippen LogP contribution >= 0.6 is 11.8 Å². The summed E-state index contributed by atoms with van der Waals surface area (Å²) in [5, 5.41) is 22.2. The van der Waals surface area contributed by atoms with Crippen LogP contribution in [0.1, 0.15) is 42.5 Å². The van der Waals surface area contributed by atoms with E-state index in [1.165, 1.54) is 23.9 Å². The summed E-state index contributed by atoms with van der Waals surface area (Å²) in [6, 6.07) is 4.47. The second-order valence-corrected chi connectivity index (χ2v) is 5.83. The Bertz CT molecular complexity index is 577. The van der Waals surface area contributed by atoms with Crippen molar-refractivity contribution in [2.45, 2.75) is 37.0 Å². The van der Waals surface area contributed by atoms with E-state index in [1.54, 1.807) is 6.07 Å². The molecule has 7 nitrogen and oxygen atoms in total. The highest BCUT2D eigenvalue weighted by Gasteiger charge is 2.20. The first kappa shape index (κ1) is 19.0. The van der Waals surface area contributed by atoms with E-state index in [2.05, 4.69) is 5.32 Å². The van der Waals surface area contributed by atoms with E-state index in [-0.39, 0.29) is 17.7 Å². The number of thioether (sulfide) groups is 1. The van der Waals surface area contributed by atoms with Crippen LogP contribution in [0.2, 0.25) is 0 Å². The predicted molar refractivity (Wildman–Crippen MR) is 87.9 cm³/mol. The van der Waals surface area contributed by atoms with Gasteiger partial charge in [0.1, 0.15) is 5.56 Å². The second-order valence-electron chi connectivity index (χ2n) is 4.95. The molecule has 0 saturated heterocycles. The largest absolute Gasteiger partial charge is 0.481 e. The fourth-order valence-corrected chi connectivity index (χ4v) is 2.47. The molecule has 8 heteroatoms. The third-order valence-corrected chi connectivity index (χ3v) is 3.97. The number of carbonyl (C=O) groups excluding carboxylic acids is 1. The molecule has 0 heterocycles. The minimum atomic E-state index is -0.806. The number of nitro groups is 1. The summed E-state index contributed by atoms with van der Waals surface area (Å²) < 4.78 is 0. The van der Waals surface area contributed by atoms with E-state index in [4.69, 9.17) is 5.11 Å². The van der Waals surface area contributed by atoms with E-state index in [0.717, 1.165) is 17.7 Å². The van der Waals surface area contributed by atoms with Crippen LogP contribution in [0.15, 0.2) is 23.1 Å². The van der Waals surface area contributed by atoms with Crippen LogP contribution < -0.4 is 5.32 Å². The zero-order valence-electron chi connectivity index (χ0n) is 12.9. The molecule has 0 unspecified atom stereocenters. The fourth-order valence-electron chi connectivity index (χ4n) is 2.04. The molecule has 0 atom stereocenters. The summed E-state index contributed by atoms with van der Waals surface area (Å²) >= 11 is 1.41. The SMILES string of the molecule is CSc1ccc([N+](=O)[O-])c(C(=O)NCCCCCCC(=O)O)c1. The molecule has 23 heavy (non-hydrogen) atoms. The van der Waals surface area contributed by atoms with E-state index in [9.17, 15) is 19.7 Å². The fraction of sp³-hybridized carbons (Fsp3) is 0.467. The second kappa shape index (κ2) is 9.83. The molecule has 0 aliphatic rings. The summed E-state index contributed by atoms with van der Waals surface area (Å²) in [7, 11) is 0. The van der Waals surface area contributed by atoms with Crippen LogP contribution in [0.4, 0.5) is 5.69 Å². The number of carboxylic acids is 1. The number of hydrogen-bond donors (Lipinski definition) is 2. The first-order valence-electron chi connectivity index (χ1n) is 7.28. The molecule has 0 spiro atoms. The number of benzene rings is 1. The molecule has 1 amide bonds. The van der Waals surface area contributed by atoms with Crippen molar-refractivity contribution < 1.29 is 19.6 Å². The van der Waals surface area contributed by atoms with Gasteiger partial charge in [-0.3, -0.25) is 19.7 Å². The number of hydrogen-bond acceptors (Lipinski definition) is 5. The van der Waals surface area contributed by atoms with Crippen LogP contribution in [0.25, 0.3) is 0 Å². The van der Waals surface area contributed by atoms with Gasteiger partial charge in [0.05, 0.1) is 4.92 Å². The number of carboxylic acid groups (broad SMARTS) is 1. The number of nitrogens with zero attached hydrogens (tertiary/aromatic N) is 1. The lowest BCUT2D eigenvalue weighted by atomic mass is 10.1. The summed E-state index contributed by atoms with van der Waals surface area (Å²) in [5.41, 5.74) is -0.144. The third kappa shape index (κ3) is 6.68. The highest BCUT2D eigenvalue weighted by atomic mass is 32.2. The average molecular weight is 340 g/mol. The predicted octanol–water partition coefficient (Wildman–Crippen LogP) is 3.08. The van der Waals surface area contributed by atoms with Gasteiger partial charge in [-0.25, -0.2) is 0 Å². The Morgan fingerprint density at radius 2 is 1.96 bits per heavy atom. The van der Waals surface area contributed by atoms with Crippen LogP contribution in [0, 0.1) is 10.1 Å². The van der Waals surface area contributed by atoms with E-state index in [0.29, 0.717) is 19.4 Å². The minimum Gasteiger partial charge on any atom is -0.481 e. The molecule has 0 radical (unpaired) electrons. The van der Waals surface area contributed by atoms with E-state index >= 15 is 0 Å². The Morgan fingerprint density at radius 3 is 2.57 bits per heavy atom. The zero-order chi connectivity index (χ0) is 17.2. The Hall–Kier alpha value is -2.09. The Balaban J connectivity index is 2.48. The lowest BCUT2D eigenvalue weighted by Gasteiger charge is -2.07. The molecular formula is C15H20N2O5S. The van der Waals surface area contributed by atoms with E-state index in [1.807, 2.05) is 6.26 Å². The van der Waals surface area contributed by atoms with Gasteiger partial charge in [0.15, 0.2) is 0 Å². The average Bonchev–Trinajstić information content (AvgIpc) is 2.52. The van der Waals surface area contributed by atoms with Gasteiger partial charge in [-0.2, -0.15) is 0 Å². The van der Waals surface area contributed by atoms with Crippen LogP contribution in [-0.2, 0) is 4.79 Å². The summed E-state index contributed by atoms with van der Waals surface area (Å²) in [6.07, 6.45) is 4.90. The van der Waals surface area contributed by atoms with Gasteiger partial charge in [0.25, 0.3) is 11.6 Å². The van der Waals surface area contributed by atoms with Crippen molar-refractivity contribution >= 4 is 29.3 Å². The molecule has 1 aromatic carbocycles. The van der Waals surface area contributed by atoms with Crippen molar-refractivity contribution in [2.75, 3.05) is 12.8 Å². The van der Waals surface area contributed by atoms with Crippen LogP contribution in [0.5, 0.6) is 0 Å².